The molecule has 5 heteroatoms. The second-order valence-electron chi connectivity index (χ2n) is 6.08. The Morgan fingerprint density at radius 2 is 2.38 bits per heavy atom. The molecule has 124 valence electrons. The third-order valence-corrected chi connectivity index (χ3v) is 3.92. The molecule has 3 rings (SSSR count). The van der Waals surface area contributed by atoms with Crippen LogP contribution in [0, 0.1) is 0 Å². The van der Waals surface area contributed by atoms with Gasteiger partial charge in [-0.15, -0.1) is 6.58 Å². The monoisotopic (exact) mass is 323 g/mol. The van der Waals surface area contributed by atoms with Crippen LogP contribution in [0.3, 0.4) is 0 Å². The number of allylic oxidation sites excluding steroid dienone is 1. The van der Waals surface area contributed by atoms with Gasteiger partial charge in [-0.3, -0.25) is 9.48 Å². The minimum Gasteiger partial charge on any atom is -0.489 e. The molecule has 1 atom stereocenters. The van der Waals surface area contributed by atoms with E-state index in [-0.39, 0.29) is 11.8 Å². The van der Waals surface area contributed by atoms with Crippen molar-refractivity contribution >= 4 is 11.6 Å². The van der Waals surface area contributed by atoms with Crippen LogP contribution in [-0.2, 0) is 11.3 Å². The molecule has 1 aromatic heterocycles. The lowest BCUT2D eigenvalue weighted by Crippen LogP contribution is -2.23. The smallest absolute Gasteiger partial charge is 0.225 e. The first kappa shape index (κ1) is 16.1. The van der Waals surface area contributed by atoms with Crippen LogP contribution in [0.2, 0.25) is 0 Å². The summed E-state index contributed by atoms with van der Waals surface area (Å²) < 4.78 is 7.49. The number of anilines is 1. The van der Waals surface area contributed by atoms with Crippen LogP contribution in [0.1, 0.15) is 30.4 Å². The van der Waals surface area contributed by atoms with E-state index in [1.807, 2.05) is 42.2 Å². The molecule has 5 nitrogen and oxygen atoms in total. The first-order chi connectivity index (χ1) is 11.6. The second kappa shape index (κ2) is 6.74. The Balaban J connectivity index is 1.89. The molecule has 0 bridgehead atoms. The normalized spacial score (nSPS) is 16.2. The van der Waals surface area contributed by atoms with Crippen LogP contribution in [0.5, 0.6) is 5.75 Å². The van der Waals surface area contributed by atoms with E-state index >= 15 is 0 Å². The number of fused-ring (bicyclic) bond motifs is 1. The maximum absolute atomic E-state index is 12.1. The molecule has 0 aliphatic carbocycles. The number of benzene rings is 1. The molecule has 0 fully saturated rings. The first-order valence-electron chi connectivity index (χ1n) is 7.91. The van der Waals surface area contributed by atoms with Crippen molar-refractivity contribution < 1.29 is 9.53 Å². The van der Waals surface area contributed by atoms with Crippen molar-refractivity contribution in [3.8, 4) is 5.75 Å². The van der Waals surface area contributed by atoms with Gasteiger partial charge in [-0.1, -0.05) is 18.7 Å². The Morgan fingerprint density at radius 1 is 1.54 bits per heavy atom. The van der Waals surface area contributed by atoms with Crippen molar-refractivity contribution in [2.24, 2.45) is 0 Å². The summed E-state index contributed by atoms with van der Waals surface area (Å²) in [6.45, 7) is 10.6. The summed E-state index contributed by atoms with van der Waals surface area (Å²) in [7, 11) is 0. The van der Waals surface area contributed by atoms with Crippen molar-refractivity contribution in [1.29, 1.82) is 0 Å². The van der Waals surface area contributed by atoms with Gasteiger partial charge in [0.1, 0.15) is 12.4 Å². The Morgan fingerprint density at radius 3 is 3.12 bits per heavy atom. The van der Waals surface area contributed by atoms with E-state index in [0.29, 0.717) is 19.6 Å². The van der Waals surface area contributed by atoms with Gasteiger partial charge in [0.15, 0.2) is 0 Å². The predicted molar refractivity (Wildman–Crippen MR) is 94.3 cm³/mol. The number of rotatable bonds is 6. The average Bonchev–Trinajstić information content (AvgIpc) is 3.00. The predicted octanol–water partition coefficient (Wildman–Crippen LogP) is 3.50. The lowest BCUT2D eigenvalue weighted by molar-refractivity contribution is -0.116. The molecule has 1 aliphatic heterocycles. The minimum atomic E-state index is 0.000946. The topological polar surface area (TPSA) is 56.2 Å². The number of nitrogens with one attached hydrogen (secondary N) is 1. The molecule has 2 heterocycles. The molecule has 1 aliphatic rings. The summed E-state index contributed by atoms with van der Waals surface area (Å²) in [6, 6.07) is 5.81. The third kappa shape index (κ3) is 3.40. The molecular weight excluding hydrogens is 302 g/mol. The highest BCUT2D eigenvalue weighted by atomic mass is 16.5. The number of hydrogen-bond acceptors (Lipinski definition) is 3. The maximum Gasteiger partial charge on any atom is 0.225 e. The van der Waals surface area contributed by atoms with Gasteiger partial charge in [0.05, 0.1) is 12.7 Å². The maximum atomic E-state index is 12.1. The van der Waals surface area contributed by atoms with Crippen LogP contribution in [-0.4, -0.2) is 22.3 Å². The van der Waals surface area contributed by atoms with E-state index in [2.05, 4.69) is 23.6 Å². The Hall–Kier alpha value is -2.82. The highest BCUT2D eigenvalue weighted by molar-refractivity contribution is 5.95. The summed E-state index contributed by atoms with van der Waals surface area (Å²) in [5.41, 5.74) is 3.86. The van der Waals surface area contributed by atoms with E-state index in [4.69, 9.17) is 4.74 Å². The zero-order chi connectivity index (χ0) is 17.1. The number of ether oxygens (including phenoxy) is 1. The molecule has 0 radical (unpaired) electrons. The van der Waals surface area contributed by atoms with Crippen LogP contribution in [0.4, 0.5) is 5.69 Å². The molecule has 1 N–H and O–H groups in total. The number of carbonyl (C=O) groups is 1. The van der Waals surface area contributed by atoms with Gasteiger partial charge in [-0.25, -0.2) is 0 Å². The van der Waals surface area contributed by atoms with Crippen LogP contribution in [0.25, 0.3) is 0 Å². The van der Waals surface area contributed by atoms with E-state index < -0.39 is 0 Å². The highest BCUT2D eigenvalue weighted by Gasteiger charge is 2.27. The van der Waals surface area contributed by atoms with Gasteiger partial charge in [0.2, 0.25) is 5.91 Å². The highest BCUT2D eigenvalue weighted by Crippen LogP contribution is 2.38. The molecule has 2 aromatic rings. The van der Waals surface area contributed by atoms with Gasteiger partial charge in [-0.2, -0.15) is 5.10 Å². The molecule has 1 amide bonds. The molecule has 0 saturated carbocycles. The van der Waals surface area contributed by atoms with Crippen LogP contribution in [0.15, 0.2) is 55.4 Å². The molecule has 0 unspecified atom stereocenters. The molecule has 24 heavy (non-hydrogen) atoms. The van der Waals surface area contributed by atoms with Crippen molar-refractivity contribution in [1.82, 2.24) is 9.78 Å². The summed E-state index contributed by atoms with van der Waals surface area (Å²) in [6.07, 6.45) is 6.00. The number of aromatic nitrogens is 2. The van der Waals surface area contributed by atoms with Crippen molar-refractivity contribution in [3.05, 3.63) is 66.5 Å². The summed E-state index contributed by atoms with van der Waals surface area (Å²) in [5.74, 6) is 0.726. The quantitative estimate of drug-likeness (QED) is 0.828. The van der Waals surface area contributed by atoms with Gasteiger partial charge in [0.25, 0.3) is 0 Å². The van der Waals surface area contributed by atoms with E-state index in [9.17, 15) is 4.79 Å². The van der Waals surface area contributed by atoms with Crippen molar-refractivity contribution in [3.63, 3.8) is 0 Å². The van der Waals surface area contributed by atoms with Gasteiger partial charge >= 0.3 is 0 Å². The van der Waals surface area contributed by atoms with Crippen molar-refractivity contribution in [2.45, 2.75) is 25.8 Å². The van der Waals surface area contributed by atoms with E-state index in [1.165, 1.54) is 0 Å². The fourth-order valence-corrected chi connectivity index (χ4v) is 2.83. The molecule has 1 aromatic carbocycles. The lowest BCUT2D eigenvalue weighted by atomic mass is 9.86. The van der Waals surface area contributed by atoms with Crippen LogP contribution >= 0.6 is 0 Å². The summed E-state index contributed by atoms with van der Waals surface area (Å²) in [4.78, 5) is 12.1. The number of nitrogens with zero attached hydrogens (tertiary/aromatic N) is 2. The summed E-state index contributed by atoms with van der Waals surface area (Å²) in [5, 5.41) is 7.26. The van der Waals surface area contributed by atoms with Gasteiger partial charge < -0.3 is 10.1 Å². The molecular formula is C19H21N3O2. The Kier molecular flexibility index (Phi) is 4.51. The van der Waals surface area contributed by atoms with Crippen molar-refractivity contribution in [2.75, 3.05) is 11.9 Å². The second-order valence-corrected chi connectivity index (χ2v) is 6.08. The molecule has 0 spiro atoms. The largest absolute Gasteiger partial charge is 0.489 e. The minimum absolute atomic E-state index is 0.000946. The fourth-order valence-electron chi connectivity index (χ4n) is 2.83. The standard InChI is InChI=1S/C19H21N3O2/c1-4-7-22-11-14(10-20-22)17-9-19(23)21-18-8-15(5-6-16(17)18)24-12-13(2)3/h4-6,8,10-11,17H,1-2,7,9,12H2,3H3,(H,21,23)/t17-/m1/s1. The Bertz CT molecular complexity index is 792. The number of carbonyl (C=O) groups excluding carboxylic acids is 1. The third-order valence-electron chi connectivity index (χ3n) is 3.92. The lowest BCUT2D eigenvalue weighted by Gasteiger charge is -2.25. The molecule has 0 saturated heterocycles. The van der Waals surface area contributed by atoms with Crippen LogP contribution < -0.4 is 10.1 Å². The number of amides is 1. The van der Waals surface area contributed by atoms with E-state index in [0.717, 1.165) is 28.1 Å². The SMILES string of the molecule is C=CCn1cc([C@H]2CC(=O)Nc3cc(OCC(=C)C)ccc32)cn1. The average molecular weight is 323 g/mol. The first-order valence-corrected chi connectivity index (χ1v) is 7.91. The van der Waals surface area contributed by atoms with Gasteiger partial charge in [0, 0.05) is 30.3 Å². The Labute approximate surface area is 141 Å². The zero-order valence-corrected chi connectivity index (χ0v) is 13.8. The zero-order valence-electron chi connectivity index (χ0n) is 13.8. The fraction of sp³-hybridized carbons (Fsp3) is 0.263. The van der Waals surface area contributed by atoms with Gasteiger partial charge in [-0.05, 0) is 29.7 Å². The number of hydrogen-bond donors (Lipinski definition) is 1. The van der Waals surface area contributed by atoms with E-state index in [1.54, 1.807) is 6.08 Å². The summed E-state index contributed by atoms with van der Waals surface area (Å²) >= 11 is 0.